The van der Waals surface area contributed by atoms with E-state index in [0.717, 1.165) is 36.8 Å². The molecule has 2 fully saturated rings. The monoisotopic (exact) mass is 440 g/mol. The summed E-state index contributed by atoms with van der Waals surface area (Å²) in [7, 11) is 0. The zero-order valence-electron chi connectivity index (χ0n) is 17.3. The van der Waals surface area contributed by atoms with E-state index in [2.05, 4.69) is 0 Å². The predicted octanol–water partition coefficient (Wildman–Crippen LogP) is 4.31. The van der Waals surface area contributed by atoms with Crippen LogP contribution < -0.4 is 9.47 Å². The second-order valence-electron chi connectivity index (χ2n) is 8.42. The van der Waals surface area contributed by atoms with Crippen molar-refractivity contribution in [2.45, 2.75) is 50.7 Å². The van der Waals surface area contributed by atoms with Crippen LogP contribution in [0, 0.1) is 0 Å². The fourth-order valence-corrected chi connectivity index (χ4v) is 4.96. The van der Waals surface area contributed by atoms with E-state index in [9.17, 15) is 9.59 Å². The van der Waals surface area contributed by atoms with Crippen LogP contribution in [0.15, 0.2) is 42.5 Å². The van der Waals surface area contributed by atoms with Gasteiger partial charge in [0, 0.05) is 17.6 Å². The lowest BCUT2D eigenvalue weighted by Crippen LogP contribution is -2.58. The van der Waals surface area contributed by atoms with Crippen LogP contribution in [0.3, 0.4) is 0 Å². The van der Waals surface area contributed by atoms with Crippen LogP contribution in [0.4, 0.5) is 0 Å². The molecule has 2 aromatic carbocycles. The fourth-order valence-electron chi connectivity index (χ4n) is 4.83. The fraction of sp³-hybridized carbons (Fsp3) is 0.417. The molecule has 162 valence electrons. The Bertz CT molecular complexity index is 988. The third-order valence-electron chi connectivity index (χ3n) is 6.45. The minimum atomic E-state index is -0.661. The predicted molar refractivity (Wildman–Crippen MR) is 116 cm³/mol. The molecule has 31 heavy (non-hydrogen) atoms. The molecular formula is C24H25ClN2O4. The van der Waals surface area contributed by atoms with E-state index in [1.54, 1.807) is 17.0 Å². The van der Waals surface area contributed by atoms with Crippen molar-refractivity contribution in [1.29, 1.82) is 0 Å². The van der Waals surface area contributed by atoms with Gasteiger partial charge in [0.25, 0.3) is 5.91 Å². The molecule has 5 rings (SSSR count). The molecule has 1 saturated carbocycles. The number of piperazine rings is 1. The number of nitrogens with zero attached hydrogens (tertiary/aromatic N) is 2. The van der Waals surface area contributed by atoms with Crippen molar-refractivity contribution in [1.82, 2.24) is 9.80 Å². The summed E-state index contributed by atoms with van der Waals surface area (Å²) < 4.78 is 10.9. The number of carbonyl (C=O) groups excluding carboxylic acids is 2. The Kier molecular flexibility index (Phi) is 5.48. The van der Waals surface area contributed by atoms with Crippen molar-refractivity contribution in [2.75, 3.05) is 13.3 Å². The van der Waals surface area contributed by atoms with E-state index in [4.69, 9.17) is 21.1 Å². The number of ether oxygens (including phenoxy) is 2. The average molecular weight is 441 g/mol. The first-order valence-electron chi connectivity index (χ1n) is 10.8. The summed E-state index contributed by atoms with van der Waals surface area (Å²) in [6, 6.07) is 12.4. The standard InChI is InChI=1S/C24H25ClN2O4/c25-18-9-7-17(8-10-18)23-24(29)26(19-4-2-1-3-5-19)14-22(28)27(23)13-16-6-11-20-21(12-16)31-15-30-20/h6-12,19,23H,1-5,13-15H2/t23-/m1/s1. The Labute approximate surface area is 186 Å². The number of hydrogen-bond acceptors (Lipinski definition) is 4. The van der Waals surface area contributed by atoms with Gasteiger partial charge in [-0.1, -0.05) is 49.1 Å². The number of amides is 2. The molecule has 0 N–H and O–H groups in total. The highest BCUT2D eigenvalue weighted by Gasteiger charge is 2.43. The smallest absolute Gasteiger partial charge is 0.250 e. The van der Waals surface area contributed by atoms with Gasteiger partial charge in [0.2, 0.25) is 12.7 Å². The summed E-state index contributed by atoms with van der Waals surface area (Å²) in [5.41, 5.74) is 1.68. The Morgan fingerprint density at radius 2 is 1.68 bits per heavy atom. The van der Waals surface area contributed by atoms with E-state index in [-0.39, 0.29) is 31.2 Å². The van der Waals surface area contributed by atoms with Crippen LogP contribution in [0.5, 0.6) is 11.5 Å². The maximum atomic E-state index is 13.7. The highest BCUT2D eigenvalue weighted by molar-refractivity contribution is 6.30. The molecule has 2 amide bonds. The Morgan fingerprint density at radius 1 is 0.935 bits per heavy atom. The first kappa shape index (κ1) is 20.2. The minimum absolute atomic E-state index is 0.00503. The number of halogens is 1. The van der Waals surface area contributed by atoms with Gasteiger partial charge in [-0.15, -0.1) is 0 Å². The van der Waals surface area contributed by atoms with Gasteiger partial charge < -0.3 is 19.3 Å². The van der Waals surface area contributed by atoms with Crippen LogP contribution in [-0.4, -0.2) is 41.0 Å². The van der Waals surface area contributed by atoms with Gasteiger partial charge >= 0.3 is 0 Å². The van der Waals surface area contributed by atoms with Gasteiger partial charge in [0.15, 0.2) is 11.5 Å². The molecule has 0 radical (unpaired) electrons. The SMILES string of the molecule is O=C1[C@@H](c2ccc(Cl)cc2)N(Cc2ccc3c(c2)OCO3)C(=O)CN1C1CCCCC1. The third-order valence-corrected chi connectivity index (χ3v) is 6.70. The number of benzene rings is 2. The summed E-state index contributed by atoms with van der Waals surface area (Å²) in [6.45, 7) is 0.662. The summed E-state index contributed by atoms with van der Waals surface area (Å²) in [5, 5.41) is 0.602. The summed E-state index contributed by atoms with van der Waals surface area (Å²) >= 11 is 6.08. The van der Waals surface area contributed by atoms with E-state index in [1.807, 2.05) is 35.2 Å². The van der Waals surface area contributed by atoms with Crippen LogP contribution in [0.25, 0.3) is 0 Å². The van der Waals surface area contributed by atoms with Crippen LogP contribution in [0.1, 0.15) is 49.3 Å². The van der Waals surface area contributed by atoms with Crippen molar-refractivity contribution in [2.24, 2.45) is 0 Å². The van der Waals surface area contributed by atoms with Gasteiger partial charge in [0.05, 0.1) is 0 Å². The average Bonchev–Trinajstić information content (AvgIpc) is 3.26. The molecule has 1 atom stereocenters. The Balaban J connectivity index is 1.47. The molecule has 0 bridgehead atoms. The molecule has 3 aliphatic rings. The molecule has 0 spiro atoms. The summed E-state index contributed by atoms with van der Waals surface area (Å²) in [6.07, 6.45) is 5.34. The van der Waals surface area contributed by atoms with Crippen LogP contribution in [0.2, 0.25) is 5.02 Å². The number of hydrogen-bond donors (Lipinski definition) is 0. The normalized spacial score (nSPS) is 21.6. The van der Waals surface area contributed by atoms with Crippen molar-refractivity contribution in [3.8, 4) is 11.5 Å². The van der Waals surface area contributed by atoms with Crippen molar-refractivity contribution < 1.29 is 19.1 Å². The molecule has 7 heteroatoms. The minimum Gasteiger partial charge on any atom is -0.454 e. The molecule has 2 heterocycles. The van der Waals surface area contributed by atoms with Gasteiger partial charge in [-0.25, -0.2) is 0 Å². The molecule has 1 aliphatic carbocycles. The first-order valence-corrected chi connectivity index (χ1v) is 11.2. The number of rotatable bonds is 4. The van der Waals surface area contributed by atoms with E-state index < -0.39 is 6.04 Å². The van der Waals surface area contributed by atoms with Gasteiger partial charge in [0.1, 0.15) is 12.6 Å². The zero-order chi connectivity index (χ0) is 21.4. The lowest BCUT2D eigenvalue weighted by Gasteiger charge is -2.44. The van der Waals surface area contributed by atoms with Crippen molar-refractivity contribution in [3.63, 3.8) is 0 Å². The number of carbonyl (C=O) groups is 2. The zero-order valence-corrected chi connectivity index (χ0v) is 18.0. The lowest BCUT2D eigenvalue weighted by atomic mass is 9.91. The van der Waals surface area contributed by atoms with E-state index in [0.29, 0.717) is 23.1 Å². The molecule has 0 aromatic heterocycles. The number of fused-ring (bicyclic) bond motifs is 1. The molecular weight excluding hydrogens is 416 g/mol. The highest BCUT2D eigenvalue weighted by Crippen LogP contribution is 2.36. The van der Waals surface area contributed by atoms with E-state index >= 15 is 0 Å². The van der Waals surface area contributed by atoms with Crippen molar-refractivity contribution >= 4 is 23.4 Å². The topological polar surface area (TPSA) is 59.1 Å². The lowest BCUT2D eigenvalue weighted by molar-refractivity contribution is -0.160. The largest absolute Gasteiger partial charge is 0.454 e. The van der Waals surface area contributed by atoms with Gasteiger partial charge in [-0.2, -0.15) is 0 Å². The van der Waals surface area contributed by atoms with Gasteiger partial charge in [-0.05, 0) is 48.2 Å². The molecule has 1 saturated heterocycles. The third kappa shape index (κ3) is 3.97. The maximum absolute atomic E-state index is 13.7. The first-order chi connectivity index (χ1) is 15.1. The van der Waals surface area contributed by atoms with Crippen molar-refractivity contribution in [3.05, 3.63) is 58.6 Å². The quantitative estimate of drug-likeness (QED) is 0.710. The molecule has 2 aliphatic heterocycles. The molecule has 6 nitrogen and oxygen atoms in total. The van der Waals surface area contributed by atoms with Gasteiger partial charge in [-0.3, -0.25) is 9.59 Å². The van der Waals surface area contributed by atoms with Crippen LogP contribution >= 0.6 is 11.6 Å². The summed E-state index contributed by atoms with van der Waals surface area (Å²) in [4.78, 5) is 30.5. The Hall–Kier alpha value is -2.73. The highest BCUT2D eigenvalue weighted by atomic mass is 35.5. The molecule has 2 aromatic rings. The Morgan fingerprint density at radius 3 is 2.45 bits per heavy atom. The summed E-state index contributed by atoms with van der Waals surface area (Å²) in [5.74, 6) is 1.32. The molecule has 0 unspecified atom stereocenters. The second-order valence-corrected chi connectivity index (χ2v) is 8.86. The van der Waals surface area contributed by atoms with Crippen LogP contribution in [-0.2, 0) is 16.1 Å². The maximum Gasteiger partial charge on any atom is 0.250 e. The van der Waals surface area contributed by atoms with E-state index in [1.165, 1.54) is 6.42 Å². The second kappa shape index (κ2) is 8.42.